The number of hydrogen-bond donors (Lipinski definition) is 1. The largest absolute Gasteiger partial charge is 0.346 e. The summed E-state index contributed by atoms with van der Waals surface area (Å²) in [6, 6.07) is 11.0. The average molecular weight is 282 g/mol. The lowest BCUT2D eigenvalue weighted by Crippen LogP contribution is -2.25. The molecule has 5 heteroatoms. The fraction of sp³-hybridized carbons (Fsp3) is 0.312. The zero-order valence-corrected chi connectivity index (χ0v) is 11.8. The second-order valence-corrected chi connectivity index (χ2v) is 5.09. The Hall–Kier alpha value is -2.43. The molecule has 0 saturated carbocycles. The average Bonchev–Trinajstić information content (AvgIpc) is 3.08. The standard InChI is InChI=1S/C16H18N4O/c21-15(13-6-2-1-3-7-13)18-12-14-8-9-17-16(19-14)20-10-4-5-11-20/h1-3,6-9H,4-5,10-12H2,(H,18,21). The van der Waals surface area contributed by atoms with Gasteiger partial charge >= 0.3 is 0 Å². The van der Waals surface area contributed by atoms with E-state index >= 15 is 0 Å². The van der Waals surface area contributed by atoms with Crippen molar-refractivity contribution in [3.05, 3.63) is 53.9 Å². The van der Waals surface area contributed by atoms with Crippen LogP contribution in [0.15, 0.2) is 42.6 Å². The smallest absolute Gasteiger partial charge is 0.251 e. The van der Waals surface area contributed by atoms with Gasteiger partial charge in [-0.3, -0.25) is 4.79 Å². The van der Waals surface area contributed by atoms with Crippen LogP contribution in [-0.4, -0.2) is 29.0 Å². The van der Waals surface area contributed by atoms with Gasteiger partial charge in [0.15, 0.2) is 0 Å². The molecule has 0 spiro atoms. The number of carbonyl (C=O) groups is 1. The quantitative estimate of drug-likeness (QED) is 0.932. The summed E-state index contributed by atoms with van der Waals surface area (Å²) in [6.45, 7) is 2.44. The molecule has 1 N–H and O–H groups in total. The maximum atomic E-state index is 12.0. The second-order valence-electron chi connectivity index (χ2n) is 5.09. The molecule has 0 radical (unpaired) electrons. The molecule has 1 aliphatic rings. The fourth-order valence-electron chi connectivity index (χ4n) is 2.41. The normalized spacial score (nSPS) is 14.2. The Morgan fingerprint density at radius 2 is 1.90 bits per heavy atom. The Morgan fingerprint density at radius 1 is 1.14 bits per heavy atom. The maximum absolute atomic E-state index is 12.0. The van der Waals surface area contributed by atoms with Crippen LogP contribution in [0.25, 0.3) is 0 Å². The third-order valence-corrected chi connectivity index (χ3v) is 3.56. The van der Waals surface area contributed by atoms with Crippen LogP contribution >= 0.6 is 0 Å². The predicted molar refractivity (Wildman–Crippen MR) is 81.1 cm³/mol. The van der Waals surface area contributed by atoms with E-state index < -0.39 is 0 Å². The lowest BCUT2D eigenvalue weighted by atomic mass is 10.2. The molecule has 108 valence electrons. The summed E-state index contributed by atoms with van der Waals surface area (Å²) in [4.78, 5) is 23.0. The van der Waals surface area contributed by atoms with Gasteiger partial charge in [0.05, 0.1) is 12.2 Å². The number of nitrogens with one attached hydrogen (secondary N) is 1. The van der Waals surface area contributed by atoms with Gasteiger partial charge in [-0.25, -0.2) is 9.97 Å². The van der Waals surface area contributed by atoms with Gasteiger partial charge in [0.2, 0.25) is 5.95 Å². The van der Waals surface area contributed by atoms with Crippen molar-refractivity contribution in [3.8, 4) is 0 Å². The first kappa shape index (κ1) is 13.5. The van der Waals surface area contributed by atoms with E-state index in [0.29, 0.717) is 12.1 Å². The van der Waals surface area contributed by atoms with Gasteiger partial charge in [0.1, 0.15) is 0 Å². The summed E-state index contributed by atoms with van der Waals surface area (Å²) in [7, 11) is 0. The van der Waals surface area contributed by atoms with Crippen molar-refractivity contribution in [2.45, 2.75) is 19.4 Å². The molecule has 1 aromatic heterocycles. The number of nitrogens with zero attached hydrogens (tertiary/aromatic N) is 3. The molecule has 0 aliphatic carbocycles. The number of aromatic nitrogens is 2. The number of carbonyl (C=O) groups excluding carboxylic acids is 1. The molecule has 1 fully saturated rings. The minimum Gasteiger partial charge on any atom is -0.346 e. The fourth-order valence-corrected chi connectivity index (χ4v) is 2.41. The van der Waals surface area contributed by atoms with E-state index in [0.717, 1.165) is 24.7 Å². The molecular weight excluding hydrogens is 264 g/mol. The minimum atomic E-state index is -0.0862. The third-order valence-electron chi connectivity index (χ3n) is 3.56. The van der Waals surface area contributed by atoms with Gasteiger partial charge in [-0.15, -0.1) is 0 Å². The van der Waals surface area contributed by atoms with Crippen LogP contribution in [0.3, 0.4) is 0 Å². The van der Waals surface area contributed by atoms with Gasteiger partial charge in [0.25, 0.3) is 5.91 Å². The van der Waals surface area contributed by atoms with Crippen LogP contribution < -0.4 is 10.2 Å². The Bertz CT molecular complexity index is 609. The van der Waals surface area contributed by atoms with Gasteiger partial charge in [0, 0.05) is 24.8 Å². The zero-order chi connectivity index (χ0) is 14.5. The molecule has 2 aromatic rings. The molecule has 0 atom stereocenters. The molecular formula is C16H18N4O. The van der Waals surface area contributed by atoms with Crippen LogP contribution in [-0.2, 0) is 6.54 Å². The molecule has 1 saturated heterocycles. The highest BCUT2D eigenvalue weighted by Crippen LogP contribution is 2.15. The molecule has 5 nitrogen and oxygen atoms in total. The highest BCUT2D eigenvalue weighted by Gasteiger charge is 2.15. The van der Waals surface area contributed by atoms with Crippen LogP contribution in [0, 0.1) is 0 Å². The van der Waals surface area contributed by atoms with E-state index in [1.165, 1.54) is 12.8 Å². The van der Waals surface area contributed by atoms with Crippen molar-refractivity contribution in [3.63, 3.8) is 0 Å². The number of anilines is 1. The monoisotopic (exact) mass is 282 g/mol. The summed E-state index contributed by atoms with van der Waals surface area (Å²) in [5, 5.41) is 2.89. The Balaban J connectivity index is 1.63. The van der Waals surface area contributed by atoms with Crippen molar-refractivity contribution in [1.29, 1.82) is 0 Å². The van der Waals surface area contributed by atoms with Gasteiger partial charge in [-0.05, 0) is 31.0 Å². The van der Waals surface area contributed by atoms with E-state index in [1.807, 2.05) is 24.3 Å². The molecule has 1 amide bonds. The zero-order valence-electron chi connectivity index (χ0n) is 11.8. The van der Waals surface area contributed by atoms with Crippen molar-refractivity contribution in [2.24, 2.45) is 0 Å². The summed E-state index contributed by atoms with van der Waals surface area (Å²) in [5.41, 5.74) is 1.49. The first-order valence-corrected chi connectivity index (χ1v) is 7.23. The Morgan fingerprint density at radius 3 is 2.67 bits per heavy atom. The highest BCUT2D eigenvalue weighted by atomic mass is 16.1. The maximum Gasteiger partial charge on any atom is 0.251 e. The number of amides is 1. The summed E-state index contributed by atoms with van der Waals surface area (Å²) in [5.74, 6) is 0.677. The van der Waals surface area contributed by atoms with E-state index in [4.69, 9.17) is 0 Å². The topological polar surface area (TPSA) is 58.1 Å². The van der Waals surface area contributed by atoms with Gasteiger partial charge in [-0.2, -0.15) is 0 Å². The molecule has 1 aromatic carbocycles. The molecule has 0 bridgehead atoms. The lowest BCUT2D eigenvalue weighted by Gasteiger charge is -2.15. The Kier molecular flexibility index (Phi) is 4.09. The first-order valence-electron chi connectivity index (χ1n) is 7.23. The number of benzene rings is 1. The van der Waals surface area contributed by atoms with Gasteiger partial charge < -0.3 is 10.2 Å². The molecule has 3 rings (SSSR count). The molecule has 2 heterocycles. The predicted octanol–water partition coefficient (Wildman–Crippen LogP) is 2.01. The van der Waals surface area contributed by atoms with Crippen LogP contribution in [0.1, 0.15) is 28.9 Å². The SMILES string of the molecule is O=C(NCc1ccnc(N2CCCC2)n1)c1ccccc1. The van der Waals surface area contributed by atoms with Crippen molar-refractivity contribution < 1.29 is 4.79 Å². The van der Waals surface area contributed by atoms with E-state index in [-0.39, 0.29) is 5.91 Å². The molecule has 1 aliphatic heterocycles. The number of rotatable bonds is 4. The third kappa shape index (κ3) is 3.37. The first-order chi connectivity index (χ1) is 10.3. The second kappa shape index (κ2) is 6.35. The summed E-state index contributed by atoms with van der Waals surface area (Å²) in [6.07, 6.45) is 4.14. The Labute approximate surface area is 124 Å². The van der Waals surface area contributed by atoms with Crippen LogP contribution in [0.5, 0.6) is 0 Å². The van der Waals surface area contributed by atoms with Crippen molar-refractivity contribution >= 4 is 11.9 Å². The molecule has 21 heavy (non-hydrogen) atoms. The minimum absolute atomic E-state index is 0.0862. The van der Waals surface area contributed by atoms with Crippen molar-refractivity contribution in [1.82, 2.24) is 15.3 Å². The van der Waals surface area contributed by atoms with E-state index in [2.05, 4.69) is 20.2 Å². The van der Waals surface area contributed by atoms with Crippen LogP contribution in [0.2, 0.25) is 0 Å². The van der Waals surface area contributed by atoms with Crippen molar-refractivity contribution in [2.75, 3.05) is 18.0 Å². The summed E-state index contributed by atoms with van der Waals surface area (Å²) < 4.78 is 0. The van der Waals surface area contributed by atoms with E-state index in [1.54, 1.807) is 18.3 Å². The van der Waals surface area contributed by atoms with Gasteiger partial charge in [-0.1, -0.05) is 18.2 Å². The number of hydrogen-bond acceptors (Lipinski definition) is 4. The lowest BCUT2D eigenvalue weighted by molar-refractivity contribution is 0.0950. The highest BCUT2D eigenvalue weighted by molar-refractivity contribution is 5.94. The van der Waals surface area contributed by atoms with E-state index in [9.17, 15) is 4.79 Å². The molecule has 0 unspecified atom stereocenters. The van der Waals surface area contributed by atoms with Crippen LogP contribution in [0.4, 0.5) is 5.95 Å². The summed E-state index contributed by atoms with van der Waals surface area (Å²) >= 11 is 0.